The number of likely N-dealkylation sites (tertiary alicyclic amines) is 1. The van der Waals surface area contributed by atoms with E-state index in [4.69, 9.17) is 0 Å². The van der Waals surface area contributed by atoms with E-state index in [-0.39, 0.29) is 23.2 Å². The fraction of sp³-hybridized carbons (Fsp3) is 0.650. The number of hydrogen-bond acceptors (Lipinski definition) is 4. The highest BCUT2D eigenvalue weighted by atomic mass is 35.5. The van der Waals surface area contributed by atoms with Crippen LogP contribution in [0, 0.1) is 12.3 Å². The van der Waals surface area contributed by atoms with E-state index in [2.05, 4.69) is 10.0 Å². The summed E-state index contributed by atoms with van der Waals surface area (Å²) in [6.45, 7) is 10.8. The lowest BCUT2D eigenvalue weighted by Crippen LogP contribution is -2.44. The van der Waals surface area contributed by atoms with Crippen molar-refractivity contribution in [2.75, 3.05) is 26.2 Å². The molecule has 1 amide bonds. The van der Waals surface area contributed by atoms with Gasteiger partial charge in [0.1, 0.15) is 0 Å². The number of halogens is 1. The Morgan fingerprint density at radius 2 is 1.82 bits per heavy atom. The molecule has 0 bridgehead atoms. The molecule has 2 saturated heterocycles. The molecule has 2 N–H and O–H groups in total. The third-order valence-corrected chi connectivity index (χ3v) is 7.39. The van der Waals surface area contributed by atoms with Gasteiger partial charge in [-0.05, 0) is 76.6 Å². The summed E-state index contributed by atoms with van der Waals surface area (Å²) in [7, 11) is -3.67. The number of rotatable bonds is 3. The van der Waals surface area contributed by atoms with Crippen molar-refractivity contribution in [2.45, 2.75) is 57.4 Å². The molecule has 0 unspecified atom stereocenters. The van der Waals surface area contributed by atoms with Crippen LogP contribution >= 0.6 is 12.4 Å². The van der Waals surface area contributed by atoms with Gasteiger partial charge < -0.3 is 10.2 Å². The van der Waals surface area contributed by atoms with Crippen molar-refractivity contribution in [1.82, 2.24) is 14.9 Å². The third-order valence-electron chi connectivity index (χ3n) is 5.63. The molecule has 2 fully saturated rings. The van der Waals surface area contributed by atoms with Gasteiger partial charge >= 0.3 is 0 Å². The average Bonchev–Trinajstić information content (AvgIpc) is 3.01. The van der Waals surface area contributed by atoms with E-state index in [0.29, 0.717) is 11.0 Å². The Morgan fingerprint density at radius 3 is 2.36 bits per heavy atom. The van der Waals surface area contributed by atoms with Gasteiger partial charge in [0.25, 0.3) is 5.91 Å². The molecule has 2 heterocycles. The normalized spacial score (nSPS) is 19.5. The SMILES string of the molecule is Cc1ccc(S(=O)(=O)NC(C)(C)C)cc1C(=O)N1CCC2(CCNC2)CC1.Cl. The fourth-order valence-electron chi connectivity index (χ4n) is 4.04. The Balaban J connectivity index is 0.00000280. The van der Waals surface area contributed by atoms with Crippen molar-refractivity contribution < 1.29 is 13.2 Å². The predicted molar refractivity (Wildman–Crippen MR) is 114 cm³/mol. The summed E-state index contributed by atoms with van der Waals surface area (Å²) in [5, 5.41) is 3.43. The van der Waals surface area contributed by atoms with Crippen molar-refractivity contribution in [3.8, 4) is 0 Å². The lowest BCUT2D eigenvalue weighted by molar-refractivity contribution is 0.0606. The molecule has 2 aliphatic heterocycles. The monoisotopic (exact) mass is 429 g/mol. The number of piperidine rings is 1. The molecule has 3 rings (SSSR count). The Bertz CT molecular complexity index is 818. The predicted octanol–water partition coefficient (Wildman–Crippen LogP) is 2.71. The van der Waals surface area contributed by atoms with E-state index in [1.807, 2.05) is 11.8 Å². The molecule has 0 aromatic heterocycles. The Morgan fingerprint density at radius 1 is 1.18 bits per heavy atom. The Kier molecular flexibility index (Phi) is 6.86. The standard InChI is InChI=1S/C20H31N3O3S.ClH/c1-15-5-6-16(27(25,26)22-19(2,3)4)13-17(15)18(24)23-11-8-20(9-12-23)7-10-21-14-20;/h5-6,13,21-22H,7-12,14H2,1-4H3;1H. The molecule has 158 valence electrons. The lowest BCUT2D eigenvalue weighted by Gasteiger charge is -2.39. The molecule has 1 spiro atoms. The van der Waals surface area contributed by atoms with E-state index in [1.165, 1.54) is 12.5 Å². The van der Waals surface area contributed by atoms with Crippen molar-refractivity contribution in [1.29, 1.82) is 0 Å². The number of aryl methyl sites for hydroxylation is 1. The molecule has 6 nitrogen and oxygen atoms in total. The molecule has 0 atom stereocenters. The minimum atomic E-state index is -3.67. The van der Waals surface area contributed by atoms with Gasteiger partial charge in [0.2, 0.25) is 10.0 Å². The van der Waals surface area contributed by atoms with Gasteiger partial charge in [-0.3, -0.25) is 4.79 Å². The number of hydrogen-bond donors (Lipinski definition) is 2. The van der Waals surface area contributed by atoms with Crippen LogP contribution in [-0.2, 0) is 10.0 Å². The molecule has 0 saturated carbocycles. The molecular weight excluding hydrogens is 398 g/mol. The number of sulfonamides is 1. The first-order chi connectivity index (χ1) is 12.5. The smallest absolute Gasteiger partial charge is 0.254 e. The minimum Gasteiger partial charge on any atom is -0.339 e. The molecule has 0 radical (unpaired) electrons. The van der Waals surface area contributed by atoms with Crippen LogP contribution in [0.15, 0.2) is 23.1 Å². The Hall–Kier alpha value is -1.15. The molecule has 2 aliphatic rings. The lowest BCUT2D eigenvalue weighted by atomic mass is 9.77. The second-order valence-corrected chi connectivity index (χ2v) is 10.7. The van der Waals surface area contributed by atoms with Gasteiger partial charge in [-0.2, -0.15) is 0 Å². The van der Waals surface area contributed by atoms with Crippen LogP contribution in [0.5, 0.6) is 0 Å². The maximum atomic E-state index is 13.1. The summed E-state index contributed by atoms with van der Waals surface area (Å²) in [6.07, 6.45) is 3.20. The summed E-state index contributed by atoms with van der Waals surface area (Å²) in [6, 6.07) is 4.81. The van der Waals surface area contributed by atoms with Gasteiger partial charge in [0.15, 0.2) is 0 Å². The van der Waals surface area contributed by atoms with Crippen LogP contribution in [0.1, 0.15) is 56.0 Å². The topological polar surface area (TPSA) is 78.5 Å². The summed E-state index contributed by atoms with van der Waals surface area (Å²) < 4.78 is 27.9. The van der Waals surface area contributed by atoms with E-state index in [0.717, 1.165) is 44.6 Å². The summed E-state index contributed by atoms with van der Waals surface area (Å²) in [4.78, 5) is 15.1. The van der Waals surface area contributed by atoms with E-state index in [1.54, 1.807) is 32.9 Å². The first kappa shape index (κ1) is 23.1. The zero-order valence-corrected chi connectivity index (χ0v) is 18.8. The number of nitrogens with one attached hydrogen (secondary N) is 2. The van der Waals surface area contributed by atoms with Crippen LogP contribution in [0.3, 0.4) is 0 Å². The van der Waals surface area contributed by atoms with Crippen LogP contribution in [0.25, 0.3) is 0 Å². The van der Waals surface area contributed by atoms with Gasteiger partial charge in [-0.15, -0.1) is 12.4 Å². The molecule has 1 aromatic rings. The largest absolute Gasteiger partial charge is 0.339 e. The van der Waals surface area contributed by atoms with Gasteiger partial charge in [0.05, 0.1) is 4.90 Å². The van der Waals surface area contributed by atoms with Gasteiger partial charge in [-0.1, -0.05) is 6.07 Å². The van der Waals surface area contributed by atoms with Gasteiger partial charge in [-0.25, -0.2) is 13.1 Å². The summed E-state index contributed by atoms with van der Waals surface area (Å²) in [5.74, 6) is -0.0684. The number of carbonyl (C=O) groups excluding carboxylic acids is 1. The summed E-state index contributed by atoms with van der Waals surface area (Å²) in [5.41, 5.74) is 1.04. The van der Waals surface area contributed by atoms with Crippen molar-refractivity contribution in [3.63, 3.8) is 0 Å². The highest BCUT2D eigenvalue weighted by Gasteiger charge is 2.38. The zero-order valence-electron chi connectivity index (χ0n) is 17.2. The molecule has 0 aliphatic carbocycles. The van der Waals surface area contributed by atoms with Crippen LogP contribution < -0.4 is 10.0 Å². The first-order valence-corrected chi connectivity index (χ1v) is 11.1. The quantitative estimate of drug-likeness (QED) is 0.774. The van der Waals surface area contributed by atoms with Crippen LogP contribution in [0.2, 0.25) is 0 Å². The third kappa shape index (κ3) is 5.06. The number of carbonyl (C=O) groups is 1. The van der Waals surface area contributed by atoms with E-state index < -0.39 is 15.6 Å². The van der Waals surface area contributed by atoms with Crippen molar-refractivity contribution >= 4 is 28.3 Å². The molecular formula is C20H32ClN3O3S. The Labute approximate surface area is 174 Å². The fourth-order valence-corrected chi connectivity index (χ4v) is 5.48. The molecule has 1 aromatic carbocycles. The number of benzene rings is 1. The number of nitrogens with zero attached hydrogens (tertiary/aromatic N) is 1. The summed E-state index contributed by atoms with van der Waals surface area (Å²) >= 11 is 0. The van der Waals surface area contributed by atoms with E-state index >= 15 is 0 Å². The van der Waals surface area contributed by atoms with Gasteiger partial charge in [0, 0.05) is 30.7 Å². The second kappa shape index (κ2) is 8.30. The highest BCUT2D eigenvalue weighted by molar-refractivity contribution is 7.89. The van der Waals surface area contributed by atoms with Crippen molar-refractivity contribution in [2.24, 2.45) is 5.41 Å². The molecule has 28 heavy (non-hydrogen) atoms. The van der Waals surface area contributed by atoms with Crippen LogP contribution in [-0.4, -0.2) is 50.9 Å². The van der Waals surface area contributed by atoms with E-state index in [9.17, 15) is 13.2 Å². The maximum Gasteiger partial charge on any atom is 0.254 e. The minimum absolute atomic E-state index is 0. The number of amides is 1. The second-order valence-electron chi connectivity index (χ2n) is 9.05. The average molecular weight is 430 g/mol. The van der Waals surface area contributed by atoms with Crippen molar-refractivity contribution in [3.05, 3.63) is 29.3 Å². The highest BCUT2D eigenvalue weighted by Crippen LogP contribution is 2.37. The molecule has 8 heteroatoms. The zero-order chi connectivity index (χ0) is 19.9. The van der Waals surface area contributed by atoms with Crippen LogP contribution in [0.4, 0.5) is 0 Å². The maximum absolute atomic E-state index is 13.1. The first-order valence-electron chi connectivity index (χ1n) is 9.66.